The van der Waals surface area contributed by atoms with Crippen LogP contribution in [0.15, 0.2) is 5.38 Å². The van der Waals surface area contributed by atoms with Crippen molar-refractivity contribution in [3.8, 4) is 0 Å². The van der Waals surface area contributed by atoms with Crippen LogP contribution in [0.25, 0.3) is 0 Å². The smallest absolute Gasteiger partial charge is 0.222 e. The summed E-state index contributed by atoms with van der Waals surface area (Å²) in [5.41, 5.74) is 0.996. The Bertz CT molecular complexity index is 399. The second-order valence-electron chi connectivity index (χ2n) is 5.01. The molecule has 2 rings (SSSR count). The summed E-state index contributed by atoms with van der Waals surface area (Å²) in [6, 6.07) is 0. The SMILES string of the molecule is Cc1nc(CN(C)C(=O)CCC2CCNC2)cs1. The van der Waals surface area contributed by atoms with E-state index in [1.54, 1.807) is 16.2 Å². The third kappa shape index (κ3) is 3.78. The zero-order chi connectivity index (χ0) is 13.0. The van der Waals surface area contributed by atoms with Crippen molar-refractivity contribution in [1.29, 1.82) is 0 Å². The lowest BCUT2D eigenvalue weighted by molar-refractivity contribution is -0.130. The van der Waals surface area contributed by atoms with E-state index >= 15 is 0 Å². The van der Waals surface area contributed by atoms with Gasteiger partial charge in [0.05, 0.1) is 17.2 Å². The number of amides is 1. The molecule has 1 fully saturated rings. The molecule has 0 bridgehead atoms. The molecule has 0 radical (unpaired) electrons. The van der Waals surface area contributed by atoms with Crippen molar-refractivity contribution in [1.82, 2.24) is 15.2 Å². The minimum absolute atomic E-state index is 0.229. The Hall–Kier alpha value is -0.940. The standard InChI is InChI=1S/C13H21N3OS/c1-10-15-12(9-18-10)8-16(2)13(17)4-3-11-5-6-14-7-11/h9,11,14H,3-8H2,1-2H3. The van der Waals surface area contributed by atoms with Gasteiger partial charge in [-0.15, -0.1) is 11.3 Å². The van der Waals surface area contributed by atoms with Gasteiger partial charge in [-0.2, -0.15) is 0 Å². The highest BCUT2D eigenvalue weighted by Crippen LogP contribution is 2.16. The maximum Gasteiger partial charge on any atom is 0.222 e. The third-order valence-corrected chi connectivity index (χ3v) is 4.24. The van der Waals surface area contributed by atoms with Crippen LogP contribution < -0.4 is 5.32 Å². The number of nitrogens with zero attached hydrogens (tertiary/aromatic N) is 2. The average Bonchev–Trinajstić information content (AvgIpc) is 2.97. The number of aromatic nitrogens is 1. The molecule has 0 spiro atoms. The molecule has 5 heteroatoms. The van der Waals surface area contributed by atoms with Crippen LogP contribution in [0.5, 0.6) is 0 Å². The van der Waals surface area contributed by atoms with E-state index in [0.717, 1.165) is 30.2 Å². The van der Waals surface area contributed by atoms with E-state index in [2.05, 4.69) is 10.3 Å². The van der Waals surface area contributed by atoms with Gasteiger partial charge in [0.25, 0.3) is 0 Å². The molecule has 1 aliphatic heterocycles. The molecule has 0 aromatic carbocycles. The van der Waals surface area contributed by atoms with Crippen LogP contribution in [0.1, 0.15) is 30.0 Å². The van der Waals surface area contributed by atoms with Crippen molar-refractivity contribution in [3.05, 3.63) is 16.1 Å². The van der Waals surface area contributed by atoms with Crippen LogP contribution in [0.4, 0.5) is 0 Å². The minimum Gasteiger partial charge on any atom is -0.340 e. The van der Waals surface area contributed by atoms with Crippen LogP contribution in [0.3, 0.4) is 0 Å². The van der Waals surface area contributed by atoms with Gasteiger partial charge in [0.1, 0.15) is 0 Å². The van der Waals surface area contributed by atoms with Crippen LogP contribution in [0.2, 0.25) is 0 Å². The Morgan fingerprint density at radius 3 is 3.11 bits per heavy atom. The quantitative estimate of drug-likeness (QED) is 0.885. The molecule has 1 aromatic heterocycles. The second kappa shape index (κ2) is 6.29. The van der Waals surface area contributed by atoms with Gasteiger partial charge in [0, 0.05) is 18.8 Å². The van der Waals surface area contributed by atoms with Crippen molar-refractivity contribution >= 4 is 17.2 Å². The Kier molecular flexibility index (Phi) is 4.72. The molecule has 1 saturated heterocycles. The third-order valence-electron chi connectivity index (χ3n) is 3.42. The van der Waals surface area contributed by atoms with Crippen LogP contribution in [-0.2, 0) is 11.3 Å². The number of rotatable bonds is 5. The molecular weight excluding hydrogens is 246 g/mol. The van der Waals surface area contributed by atoms with E-state index < -0.39 is 0 Å². The number of thiazole rings is 1. The van der Waals surface area contributed by atoms with E-state index in [-0.39, 0.29) is 5.91 Å². The minimum atomic E-state index is 0.229. The lowest BCUT2D eigenvalue weighted by Crippen LogP contribution is -2.26. The zero-order valence-corrected chi connectivity index (χ0v) is 11.9. The fourth-order valence-corrected chi connectivity index (χ4v) is 2.90. The summed E-state index contributed by atoms with van der Waals surface area (Å²) in [5.74, 6) is 0.913. The molecule has 18 heavy (non-hydrogen) atoms. The monoisotopic (exact) mass is 267 g/mol. The van der Waals surface area contributed by atoms with Crippen LogP contribution >= 0.6 is 11.3 Å². The van der Waals surface area contributed by atoms with Crippen molar-refractivity contribution in [2.24, 2.45) is 5.92 Å². The molecule has 1 amide bonds. The van der Waals surface area contributed by atoms with Gasteiger partial charge in [-0.25, -0.2) is 4.98 Å². The maximum absolute atomic E-state index is 12.0. The van der Waals surface area contributed by atoms with E-state index in [4.69, 9.17) is 0 Å². The van der Waals surface area contributed by atoms with E-state index in [0.29, 0.717) is 18.9 Å². The lowest BCUT2D eigenvalue weighted by Gasteiger charge is -2.17. The number of hydrogen-bond donors (Lipinski definition) is 1. The van der Waals surface area contributed by atoms with Crippen molar-refractivity contribution < 1.29 is 4.79 Å². The Balaban J connectivity index is 1.74. The Morgan fingerprint density at radius 2 is 2.50 bits per heavy atom. The van der Waals surface area contributed by atoms with Crippen LogP contribution in [0, 0.1) is 12.8 Å². The number of hydrogen-bond acceptors (Lipinski definition) is 4. The molecular formula is C13H21N3OS. The first-order valence-electron chi connectivity index (χ1n) is 6.51. The summed E-state index contributed by atoms with van der Waals surface area (Å²) >= 11 is 1.63. The topological polar surface area (TPSA) is 45.2 Å². The van der Waals surface area contributed by atoms with E-state index in [1.165, 1.54) is 6.42 Å². The molecule has 2 heterocycles. The Morgan fingerprint density at radius 1 is 1.67 bits per heavy atom. The summed E-state index contributed by atoms with van der Waals surface area (Å²) in [6.07, 6.45) is 2.88. The van der Waals surface area contributed by atoms with Gasteiger partial charge >= 0.3 is 0 Å². The molecule has 0 aliphatic carbocycles. The molecule has 1 aromatic rings. The first-order valence-corrected chi connectivity index (χ1v) is 7.39. The molecule has 1 unspecified atom stereocenters. The van der Waals surface area contributed by atoms with Gasteiger partial charge in [0.2, 0.25) is 5.91 Å². The fourth-order valence-electron chi connectivity index (χ4n) is 2.29. The zero-order valence-electron chi connectivity index (χ0n) is 11.1. The van der Waals surface area contributed by atoms with Crippen molar-refractivity contribution in [3.63, 3.8) is 0 Å². The number of carbonyl (C=O) groups is 1. The maximum atomic E-state index is 12.0. The normalized spacial score (nSPS) is 19.1. The largest absolute Gasteiger partial charge is 0.340 e. The summed E-state index contributed by atoms with van der Waals surface area (Å²) in [5, 5.41) is 6.42. The lowest BCUT2D eigenvalue weighted by atomic mass is 10.0. The van der Waals surface area contributed by atoms with E-state index in [9.17, 15) is 4.79 Å². The van der Waals surface area contributed by atoms with Crippen molar-refractivity contribution in [2.75, 3.05) is 20.1 Å². The highest BCUT2D eigenvalue weighted by molar-refractivity contribution is 7.09. The van der Waals surface area contributed by atoms with Gasteiger partial charge in [0.15, 0.2) is 0 Å². The highest BCUT2D eigenvalue weighted by Gasteiger charge is 2.17. The number of nitrogens with one attached hydrogen (secondary N) is 1. The summed E-state index contributed by atoms with van der Waals surface area (Å²) < 4.78 is 0. The first kappa shape index (κ1) is 13.5. The molecule has 100 valence electrons. The number of aryl methyl sites for hydroxylation is 1. The second-order valence-corrected chi connectivity index (χ2v) is 6.07. The molecule has 1 atom stereocenters. The summed E-state index contributed by atoms with van der Waals surface area (Å²) in [6.45, 7) is 4.80. The predicted octanol–water partition coefficient (Wildman–Crippen LogP) is 1.80. The van der Waals surface area contributed by atoms with Crippen molar-refractivity contribution in [2.45, 2.75) is 32.7 Å². The predicted molar refractivity (Wildman–Crippen MR) is 73.5 cm³/mol. The van der Waals surface area contributed by atoms with Gasteiger partial charge < -0.3 is 10.2 Å². The number of carbonyl (C=O) groups excluding carboxylic acids is 1. The first-order chi connectivity index (χ1) is 8.65. The molecule has 0 saturated carbocycles. The Labute approximate surface area is 112 Å². The van der Waals surface area contributed by atoms with Gasteiger partial charge in [-0.05, 0) is 38.8 Å². The highest BCUT2D eigenvalue weighted by atomic mass is 32.1. The molecule has 1 N–H and O–H groups in total. The molecule has 4 nitrogen and oxygen atoms in total. The van der Waals surface area contributed by atoms with Crippen LogP contribution in [-0.4, -0.2) is 35.9 Å². The molecule has 1 aliphatic rings. The fraction of sp³-hybridized carbons (Fsp3) is 0.692. The average molecular weight is 267 g/mol. The van der Waals surface area contributed by atoms with E-state index in [1.807, 2.05) is 19.4 Å². The summed E-state index contributed by atoms with van der Waals surface area (Å²) in [4.78, 5) is 18.2. The van der Waals surface area contributed by atoms with Gasteiger partial charge in [-0.3, -0.25) is 4.79 Å². The van der Waals surface area contributed by atoms with Gasteiger partial charge in [-0.1, -0.05) is 0 Å². The summed E-state index contributed by atoms with van der Waals surface area (Å²) in [7, 11) is 1.86.